The molecule has 2 rings (SSSR count). The highest BCUT2D eigenvalue weighted by Gasteiger charge is 2.61. The monoisotopic (exact) mass is 180 g/mol. The summed E-state index contributed by atoms with van der Waals surface area (Å²) in [5.74, 6) is 1.52. The fourth-order valence-corrected chi connectivity index (χ4v) is 3.64. The van der Waals surface area contributed by atoms with Gasteiger partial charge in [-0.25, -0.2) is 0 Å². The van der Waals surface area contributed by atoms with Crippen molar-refractivity contribution in [3.05, 3.63) is 0 Å². The maximum atomic E-state index is 11.7. The van der Waals surface area contributed by atoms with Gasteiger partial charge < -0.3 is 0 Å². The molecule has 0 amide bonds. The van der Waals surface area contributed by atoms with Crippen LogP contribution in [0.25, 0.3) is 0 Å². The number of carbonyl (C=O) groups is 1. The second-order valence-electron chi connectivity index (χ2n) is 5.64. The lowest BCUT2D eigenvalue weighted by molar-refractivity contribution is -0.121. The Kier molecular flexibility index (Phi) is 1.68. The average molecular weight is 180 g/mol. The Labute approximate surface area is 80.9 Å². The molecule has 1 heteroatoms. The molecule has 2 aliphatic rings. The molecule has 4 atom stereocenters. The van der Waals surface area contributed by atoms with Crippen molar-refractivity contribution in [1.29, 1.82) is 0 Å². The van der Waals surface area contributed by atoms with Crippen LogP contribution in [0.1, 0.15) is 47.0 Å². The third kappa shape index (κ3) is 0.858. The van der Waals surface area contributed by atoms with Crippen molar-refractivity contribution in [2.75, 3.05) is 0 Å². The molecule has 2 aliphatic carbocycles. The van der Waals surface area contributed by atoms with E-state index in [2.05, 4.69) is 27.7 Å². The number of rotatable bonds is 0. The van der Waals surface area contributed by atoms with Crippen molar-refractivity contribution >= 4 is 5.78 Å². The number of carbonyl (C=O) groups excluding carboxylic acids is 1. The van der Waals surface area contributed by atoms with Gasteiger partial charge in [0.1, 0.15) is 5.78 Å². The molecule has 13 heavy (non-hydrogen) atoms. The summed E-state index contributed by atoms with van der Waals surface area (Å²) in [6, 6.07) is 0. The maximum absolute atomic E-state index is 11.7. The van der Waals surface area contributed by atoms with E-state index in [0.717, 1.165) is 12.3 Å². The van der Waals surface area contributed by atoms with E-state index >= 15 is 0 Å². The van der Waals surface area contributed by atoms with Gasteiger partial charge in [-0.3, -0.25) is 4.79 Å². The number of Topliss-reactive ketones (excluding diaryl/α,β-unsaturated/α-hetero) is 1. The molecule has 74 valence electrons. The first kappa shape index (κ1) is 9.23. The van der Waals surface area contributed by atoms with Gasteiger partial charge in [0.15, 0.2) is 0 Å². The minimum atomic E-state index is 0.294. The van der Waals surface area contributed by atoms with Crippen molar-refractivity contribution in [2.45, 2.75) is 47.0 Å². The maximum Gasteiger partial charge on any atom is 0.136 e. The molecule has 1 nitrogen and oxygen atoms in total. The second-order valence-corrected chi connectivity index (χ2v) is 5.64. The van der Waals surface area contributed by atoms with Gasteiger partial charge in [-0.1, -0.05) is 27.7 Å². The van der Waals surface area contributed by atoms with Crippen LogP contribution in [-0.4, -0.2) is 5.78 Å². The third-order valence-electron chi connectivity index (χ3n) is 5.47. The highest BCUT2D eigenvalue weighted by molar-refractivity contribution is 5.85. The van der Waals surface area contributed by atoms with Gasteiger partial charge in [0, 0.05) is 12.3 Å². The largest absolute Gasteiger partial charge is 0.299 e. The third-order valence-corrected chi connectivity index (χ3v) is 5.47. The Morgan fingerprint density at radius 2 is 1.85 bits per heavy atom. The molecule has 0 aromatic carbocycles. The molecule has 0 N–H and O–H groups in total. The Bertz CT molecular complexity index is 256. The zero-order valence-corrected chi connectivity index (χ0v) is 9.18. The van der Waals surface area contributed by atoms with E-state index < -0.39 is 0 Å². The zero-order chi connectivity index (χ0) is 9.85. The number of fused-ring (bicyclic) bond motifs is 1. The Hall–Kier alpha value is -0.330. The number of hydrogen-bond acceptors (Lipinski definition) is 1. The Balaban J connectivity index is 2.44. The molecule has 0 unspecified atom stereocenters. The zero-order valence-electron chi connectivity index (χ0n) is 9.18. The first-order valence-electron chi connectivity index (χ1n) is 5.44. The van der Waals surface area contributed by atoms with Crippen LogP contribution in [0.3, 0.4) is 0 Å². The highest BCUT2D eigenvalue weighted by atomic mass is 16.1. The van der Waals surface area contributed by atoms with E-state index in [-0.39, 0.29) is 0 Å². The predicted molar refractivity (Wildman–Crippen MR) is 53.4 cm³/mol. The molecular weight excluding hydrogens is 160 g/mol. The quantitative estimate of drug-likeness (QED) is 0.560. The lowest BCUT2D eigenvalue weighted by Crippen LogP contribution is -2.33. The van der Waals surface area contributed by atoms with Crippen LogP contribution in [0.15, 0.2) is 0 Å². The van der Waals surface area contributed by atoms with Gasteiger partial charge in [0.25, 0.3) is 0 Å². The van der Waals surface area contributed by atoms with E-state index in [1.165, 1.54) is 12.8 Å². The molecule has 0 saturated heterocycles. The van der Waals surface area contributed by atoms with Crippen molar-refractivity contribution in [3.63, 3.8) is 0 Å². The summed E-state index contributed by atoms with van der Waals surface area (Å²) >= 11 is 0. The van der Waals surface area contributed by atoms with Gasteiger partial charge in [0.05, 0.1) is 0 Å². The van der Waals surface area contributed by atoms with Crippen LogP contribution in [0.5, 0.6) is 0 Å². The predicted octanol–water partition coefficient (Wildman–Crippen LogP) is 3.04. The van der Waals surface area contributed by atoms with Gasteiger partial charge in [0.2, 0.25) is 0 Å². The summed E-state index contributed by atoms with van der Waals surface area (Å²) in [4.78, 5) is 11.7. The van der Waals surface area contributed by atoms with Crippen molar-refractivity contribution < 1.29 is 4.79 Å². The number of ketones is 1. The molecule has 0 aromatic rings. The molecule has 0 radical (unpaired) electrons. The van der Waals surface area contributed by atoms with E-state index in [1.807, 2.05) is 0 Å². The number of hydrogen-bond donors (Lipinski definition) is 0. The van der Waals surface area contributed by atoms with Gasteiger partial charge in [-0.15, -0.1) is 0 Å². The van der Waals surface area contributed by atoms with Crippen LogP contribution < -0.4 is 0 Å². The van der Waals surface area contributed by atoms with Crippen molar-refractivity contribution in [1.82, 2.24) is 0 Å². The fraction of sp³-hybridized carbons (Fsp3) is 0.917. The topological polar surface area (TPSA) is 17.1 Å². The average Bonchev–Trinajstić information content (AvgIpc) is 2.38. The first-order valence-corrected chi connectivity index (χ1v) is 5.44. The smallest absolute Gasteiger partial charge is 0.136 e. The first-order chi connectivity index (χ1) is 5.92. The lowest BCUT2D eigenvalue weighted by atomic mass is 9.65. The van der Waals surface area contributed by atoms with Crippen LogP contribution in [0, 0.1) is 22.7 Å². The van der Waals surface area contributed by atoms with Crippen molar-refractivity contribution in [2.24, 2.45) is 22.7 Å². The van der Waals surface area contributed by atoms with Crippen LogP contribution in [0.4, 0.5) is 0 Å². The molecule has 0 bridgehead atoms. The SMILES string of the molecule is C[C@@H]1CC[C@@]2(C)[C@H](C)C(=O)C[C@@]12C. The van der Waals surface area contributed by atoms with Crippen LogP contribution >= 0.6 is 0 Å². The summed E-state index contributed by atoms with van der Waals surface area (Å²) in [6.45, 7) is 9.10. The summed E-state index contributed by atoms with van der Waals surface area (Å²) in [5.41, 5.74) is 0.590. The van der Waals surface area contributed by atoms with E-state index in [4.69, 9.17) is 0 Å². The molecular formula is C12H20O. The van der Waals surface area contributed by atoms with Crippen LogP contribution in [-0.2, 0) is 4.79 Å². The Morgan fingerprint density at radius 1 is 1.23 bits per heavy atom. The molecule has 0 spiro atoms. The molecule has 0 aliphatic heterocycles. The Morgan fingerprint density at radius 3 is 2.38 bits per heavy atom. The summed E-state index contributed by atoms with van der Waals surface area (Å²) in [6.07, 6.45) is 3.38. The molecule has 0 heterocycles. The second kappa shape index (κ2) is 2.37. The van der Waals surface area contributed by atoms with Gasteiger partial charge >= 0.3 is 0 Å². The van der Waals surface area contributed by atoms with Gasteiger partial charge in [-0.2, -0.15) is 0 Å². The fourth-order valence-electron chi connectivity index (χ4n) is 3.64. The van der Waals surface area contributed by atoms with E-state index in [1.54, 1.807) is 0 Å². The van der Waals surface area contributed by atoms with E-state index in [0.29, 0.717) is 22.5 Å². The summed E-state index contributed by atoms with van der Waals surface area (Å²) in [7, 11) is 0. The van der Waals surface area contributed by atoms with E-state index in [9.17, 15) is 4.79 Å². The summed E-state index contributed by atoms with van der Waals surface area (Å²) in [5, 5.41) is 0. The lowest BCUT2D eigenvalue weighted by Gasteiger charge is -2.39. The molecule has 0 aromatic heterocycles. The summed E-state index contributed by atoms with van der Waals surface area (Å²) < 4.78 is 0. The van der Waals surface area contributed by atoms with Gasteiger partial charge in [-0.05, 0) is 29.6 Å². The molecule has 2 fully saturated rings. The van der Waals surface area contributed by atoms with Crippen LogP contribution in [0.2, 0.25) is 0 Å². The molecule has 2 saturated carbocycles. The minimum Gasteiger partial charge on any atom is -0.299 e. The minimum absolute atomic E-state index is 0.294. The highest BCUT2D eigenvalue weighted by Crippen LogP contribution is 2.65. The van der Waals surface area contributed by atoms with Crippen molar-refractivity contribution in [3.8, 4) is 0 Å². The standard InChI is InChI=1S/C12H20O/c1-8-5-6-11(3)9(2)10(13)7-12(8,11)4/h8-9H,5-7H2,1-4H3/t8-,9-,11+,12+/m1/s1. The normalized spacial score (nSPS) is 55.5.